The van der Waals surface area contributed by atoms with Gasteiger partial charge in [-0.15, -0.1) is 0 Å². The van der Waals surface area contributed by atoms with Crippen molar-refractivity contribution in [2.24, 2.45) is 0 Å². The molecule has 8 heavy (non-hydrogen) atoms. The average molecular weight is 182 g/mol. The third-order valence-electron chi connectivity index (χ3n) is 0. The maximum Gasteiger partial charge on any atom is 2.00 e. The van der Waals surface area contributed by atoms with Crippen LogP contribution in [0.3, 0.4) is 0 Å². The molecule has 0 aromatic carbocycles. The van der Waals surface area contributed by atoms with Crippen LogP contribution in [0.2, 0.25) is 0 Å². The van der Waals surface area contributed by atoms with Crippen LogP contribution in [-0.4, -0.2) is 60.8 Å². The van der Waals surface area contributed by atoms with Crippen LogP contribution in [0.25, 0.3) is 0 Å². The van der Waals surface area contributed by atoms with E-state index in [0.29, 0.717) is 0 Å². The molecule has 0 unspecified atom stereocenters. The van der Waals surface area contributed by atoms with E-state index < -0.39 is 0 Å². The fourth-order valence-corrected chi connectivity index (χ4v) is 0. The van der Waals surface area contributed by atoms with E-state index in [-0.39, 0.29) is 114 Å². The van der Waals surface area contributed by atoms with Gasteiger partial charge in [0.15, 0.2) is 0 Å². The molecular formula is CaF5MgNa. The molecule has 0 heterocycles. The predicted octanol–water partition coefficient (Wildman–Crippen LogP) is -18.7. The number of halogens is 5. The van der Waals surface area contributed by atoms with Gasteiger partial charge in [0.2, 0.25) is 0 Å². The second-order valence-electron chi connectivity index (χ2n) is 0. The van der Waals surface area contributed by atoms with Gasteiger partial charge in [0.05, 0.1) is 0 Å². The molecule has 0 aliphatic heterocycles. The van der Waals surface area contributed by atoms with Crippen molar-refractivity contribution < 1.29 is 53.1 Å². The number of hydrogen-bond donors (Lipinski definition) is 0. The molecule has 0 spiro atoms. The quantitative estimate of drug-likeness (QED) is 0.258. The first-order valence-corrected chi connectivity index (χ1v) is 0. The van der Waals surface area contributed by atoms with E-state index in [4.69, 9.17) is 0 Å². The Labute approximate surface area is 112 Å². The van der Waals surface area contributed by atoms with Crippen molar-refractivity contribution in [1.29, 1.82) is 0 Å². The summed E-state index contributed by atoms with van der Waals surface area (Å²) in [7, 11) is 0. The van der Waals surface area contributed by atoms with E-state index in [2.05, 4.69) is 0 Å². The minimum atomic E-state index is 0. The van der Waals surface area contributed by atoms with Crippen LogP contribution in [0.15, 0.2) is 0 Å². The Morgan fingerprint density at radius 1 is 0.500 bits per heavy atom. The summed E-state index contributed by atoms with van der Waals surface area (Å²) in [5, 5.41) is 0. The van der Waals surface area contributed by atoms with Gasteiger partial charge in [0.1, 0.15) is 0 Å². The van der Waals surface area contributed by atoms with Crippen LogP contribution < -0.4 is 53.1 Å². The zero-order valence-electron chi connectivity index (χ0n) is 4.30. The normalized spacial score (nSPS) is 0. The van der Waals surface area contributed by atoms with Crippen LogP contribution in [0.4, 0.5) is 0 Å². The van der Waals surface area contributed by atoms with Gasteiger partial charge in [0, 0.05) is 0 Å². The minimum Gasteiger partial charge on any atom is -1.00 e. The molecular weight excluding hydrogens is 182 g/mol. The Hall–Kier alpha value is 2.68. The minimum absolute atomic E-state index is 0. The third-order valence-corrected chi connectivity index (χ3v) is 0. The molecule has 0 nitrogen and oxygen atoms in total. The van der Waals surface area contributed by atoms with Crippen molar-refractivity contribution in [2.45, 2.75) is 0 Å². The molecule has 0 rings (SSSR count). The van der Waals surface area contributed by atoms with Gasteiger partial charge < -0.3 is 23.5 Å². The second kappa shape index (κ2) is 102. The van der Waals surface area contributed by atoms with Crippen molar-refractivity contribution in [3.63, 3.8) is 0 Å². The van der Waals surface area contributed by atoms with Crippen molar-refractivity contribution in [1.82, 2.24) is 0 Å². The summed E-state index contributed by atoms with van der Waals surface area (Å²) in [4.78, 5) is 0. The van der Waals surface area contributed by atoms with E-state index in [1.807, 2.05) is 0 Å². The van der Waals surface area contributed by atoms with Crippen LogP contribution in [0, 0.1) is 0 Å². The van der Waals surface area contributed by atoms with Gasteiger partial charge in [0.25, 0.3) is 0 Å². The monoisotopic (exact) mass is 182 g/mol. The van der Waals surface area contributed by atoms with Crippen LogP contribution in [0.5, 0.6) is 0 Å². The van der Waals surface area contributed by atoms with E-state index in [0.717, 1.165) is 0 Å². The smallest absolute Gasteiger partial charge is 1.00 e. The molecule has 8 heteroatoms. The second-order valence-corrected chi connectivity index (χ2v) is 0. The van der Waals surface area contributed by atoms with Gasteiger partial charge in [-0.3, -0.25) is 0 Å². The molecule has 0 aromatic heterocycles. The number of rotatable bonds is 0. The van der Waals surface area contributed by atoms with Gasteiger partial charge in [-0.05, 0) is 0 Å². The van der Waals surface area contributed by atoms with Gasteiger partial charge in [-0.2, -0.15) is 0 Å². The van der Waals surface area contributed by atoms with E-state index >= 15 is 0 Å². The summed E-state index contributed by atoms with van der Waals surface area (Å²) in [6.45, 7) is 0. The van der Waals surface area contributed by atoms with Crippen molar-refractivity contribution >= 4 is 60.8 Å². The molecule has 0 saturated carbocycles. The first-order valence-electron chi connectivity index (χ1n) is 0. The van der Waals surface area contributed by atoms with E-state index in [9.17, 15) is 0 Å². The Kier molecular flexibility index (Phi) is 1770. The molecule has 0 N–H and O–H groups in total. The SMILES string of the molecule is [Ca+2].[F-].[F-].[F-].[F-].[F-].[Mg+2].[Na+]. The fourth-order valence-electron chi connectivity index (χ4n) is 0. The summed E-state index contributed by atoms with van der Waals surface area (Å²) in [5.74, 6) is 0. The molecule has 40 valence electrons. The Bertz CT molecular complexity index is 12.4. The Balaban J connectivity index is 0. The number of hydrogen-bond acceptors (Lipinski definition) is 0. The third kappa shape index (κ3) is 71.4. The summed E-state index contributed by atoms with van der Waals surface area (Å²) in [5.41, 5.74) is 0. The summed E-state index contributed by atoms with van der Waals surface area (Å²) >= 11 is 0. The van der Waals surface area contributed by atoms with Crippen molar-refractivity contribution in [3.05, 3.63) is 0 Å². The molecule has 0 aliphatic rings. The maximum absolute atomic E-state index is 0. The molecule has 0 bridgehead atoms. The van der Waals surface area contributed by atoms with Crippen LogP contribution in [0.1, 0.15) is 0 Å². The molecule has 0 atom stereocenters. The molecule has 0 aliphatic carbocycles. The first-order chi connectivity index (χ1) is 0. The zero-order chi connectivity index (χ0) is 0. The predicted molar refractivity (Wildman–Crippen MR) is 11.5 cm³/mol. The molecule has 0 fully saturated rings. The molecule has 0 saturated heterocycles. The summed E-state index contributed by atoms with van der Waals surface area (Å²) in [6.07, 6.45) is 0. The summed E-state index contributed by atoms with van der Waals surface area (Å²) in [6, 6.07) is 0. The van der Waals surface area contributed by atoms with Crippen LogP contribution in [-0.2, 0) is 0 Å². The standard InChI is InChI=1S/Ca.5FH.Mg.Na/h;5*1H;;/q+2;;;;;;+2;+1/p-5. The summed E-state index contributed by atoms with van der Waals surface area (Å²) < 4.78 is 0. The van der Waals surface area contributed by atoms with E-state index in [1.54, 1.807) is 0 Å². The van der Waals surface area contributed by atoms with Crippen molar-refractivity contribution in [3.8, 4) is 0 Å². The van der Waals surface area contributed by atoms with E-state index in [1.165, 1.54) is 0 Å². The van der Waals surface area contributed by atoms with Crippen LogP contribution >= 0.6 is 0 Å². The molecule has 0 radical (unpaired) electrons. The van der Waals surface area contributed by atoms with Gasteiger partial charge >= 0.3 is 90.3 Å². The average Bonchev–Trinajstić information content (AvgIpc) is 0. The Morgan fingerprint density at radius 2 is 0.500 bits per heavy atom. The maximum atomic E-state index is 0. The largest absolute Gasteiger partial charge is 2.00 e. The Morgan fingerprint density at radius 3 is 0.500 bits per heavy atom. The topological polar surface area (TPSA) is 0 Å². The molecule has 0 amide bonds. The zero-order valence-corrected chi connectivity index (χ0v) is 9.93. The van der Waals surface area contributed by atoms with Gasteiger partial charge in [-0.1, -0.05) is 0 Å². The van der Waals surface area contributed by atoms with Gasteiger partial charge in [-0.25, -0.2) is 0 Å². The fraction of sp³-hybridized carbons (Fsp3) is 0. The van der Waals surface area contributed by atoms with Crippen molar-refractivity contribution in [2.75, 3.05) is 0 Å². The first kappa shape index (κ1) is 140. The molecule has 0 aromatic rings.